The van der Waals surface area contributed by atoms with Gasteiger partial charge < -0.3 is 14.7 Å². The fraction of sp³-hybridized carbons (Fsp3) is 0.667. The zero-order valence-electron chi connectivity index (χ0n) is 10.5. The highest BCUT2D eigenvalue weighted by Crippen LogP contribution is 2.26. The van der Waals surface area contributed by atoms with Crippen LogP contribution in [0.15, 0.2) is 10.7 Å². The van der Waals surface area contributed by atoms with Gasteiger partial charge in [0.25, 0.3) is 0 Å². The summed E-state index contributed by atoms with van der Waals surface area (Å²) in [5.74, 6) is 1.16. The standard InChI is InChI=1S/C12H18BrN3O2/c1-18-11-10(13)7-14-12(15-11)16-6-4-2-3-5-9(16)8-17/h7,9,17H,2-6,8H2,1H3. The zero-order valence-corrected chi connectivity index (χ0v) is 12.1. The molecule has 6 heteroatoms. The predicted octanol–water partition coefficient (Wildman–Crippen LogP) is 1.99. The van der Waals surface area contributed by atoms with E-state index < -0.39 is 0 Å². The van der Waals surface area contributed by atoms with Crippen LogP contribution in [-0.2, 0) is 0 Å². The van der Waals surface area contributed by atoms with Gasteiger partial charge in [-0.15, -0.1) is 0 Å². The van der Waals surface area contributed by atoms with Crippen molar-refractivity contribution in [1.29, 1.82) is 0 Å². The average molecular weight is 316 g/mol. The van der Waals surface area contributed by atoms with E-state index in [-0.39, 0.29) is 12.6 Å². The number of methoxy groups -OCH3 is 1. The number of hydrogen-bond acceptors (Lipinski definition) is 5. The van der Waals surface area contributed by atoms with Crippen molar-refractivity contribution < 1.29 is 9.84 Å². The summed E-state index contributed by atoms with van der Waals surface area (Å²) in [6, 6.07) is 0.110. The molecule has 0 aromatic carbocycles. The molecule has 0 saturated carbocycles. The minimum Gasteiger partial charge on any atom is -0.480 e. The highest BCUT2D eigenvalue weighted by atomic mass is 79.9. The fourth-order valence-corrected chi connectivity index (χ4v) is 2.61. The van der Waals surface area contributed by atoms with Crippen molar-refractivity contribution in [3.63, 3.8) is 0 Å². The number of nitrogens with zero attached hydrogens (tertiary/aromatic N) is 3. The Balaban J connectivity index is 2.26. The SMILES string of the molecule is COc1nc(N2CCCCCC2CO)ncc1Br. The van der Waals surface area contributed by atoms with Crippen molar-refractivity contribution in [3.05, 3.63) is 10.7 Å². The number of aliphatic hydroxyl groups excluding tert-OH is 1. The van der Waals surface area contributed by atoms with Gasteiger partial charge in [-0.1, -0.05) is 12.8 Å². The predicted molar refractivity (Wildman–Crippen MR) is 73.0 cm³/mol. The van der Waals surface area contributed by atoms with Gasteiger partial charge in [-0.3, -0.25) is 0 Å². The fourth-order valence-electron chi connectivity index (χ4n) is 2.25. The highest BCUT2D eigenvalue weighted by molar-refractivity contribution is 9.10. The number of hydrogen-bond donors (Lipinski definition) is 1. The summed E-state index contributed by atoms with van der Waals surface area (Å²) in [7, 11) is 1.59. The van der Waals surface area contributed by atoms with Gasteiger partial charge in [-0.25, -0.2) is 4.98 Å². The third-order valence-electron chi connectivity index (χ3n) is 3.24. The van der Waals surface area contributed by atoms with E-state index >= 15 is 0 Å². The molecule has 0 radical (unpaired) electrons. The number of aliphatic hydroxyl groups is 1. The molecule has 1 aliphatic heterocycles. The first kappa shape index (κ1) is 13.5. The molecule has 5 nitrogen and oxygen atoms in total. The van der Waals surface area contributed by atoms with E-state index in [1.54, 1.807) is 13.3 Å². The Bertz CT molecular complexity index is 403. The minimum atomic E-state index is 0.110. The number of halogens is 1. The summed E-state index contributed by atoms with van der Waals surface area (Å²) >= 11 is 3.34. The molecule has 18 heavy (non-hydrogen) atoms. The Kier molecular flexibility index (Phi) is 4.77. The summed E-state index contributed by atoms with van der Waals surface area (Å²) in [5.41, 5.74) is 0. The topological polar surface area (TPSA) is 58.5 Å². The molecule has 100 valence electrons. The summed E-state index contributed by atoms with van der Waals surface area (Å²) in [5, 5.41) is 9.49. The molecule has 1 N–H and O–H groups in total. The molecular formula is C12H18BrN3O2. The molecule has 2 rings (SSSR count). The van der Waals surface area contributed by atoms with E-state index in [9.17, 15) is 5.11 Å². The van der Waals surface area contributed by atoms with Crippen LogP contribution >= 0.6 is 15.9 Å². The number of anilines is 1. The summed E-state index contributed by atoms with van der Waals surface area (Å²) in [4.78, 5) is 10.8. The van der Waals surface area contributed by atoms with Gasteiger partial charge in [-0.2, -0.15) is 4.98 Å². The van der Waals surface area contributed by atoms with Crippen LogP contribution in [0.3, 0.4) is 0 Å². The second-order valence-corrected chi connectivity index (χ2v) is 5.26. The van der Waals surface area contributed by atoms with Crippen LogP contribution < -0.4 is 9.64 Å². The Labute approximate surface area is 115 Å². The second kappa shape index (κ2) is 6.33. The van der Waals surface area contributed by atoms with Crippen molar-refractivity contribution in [2.75, 3.05) is 25.2 Å². The number of rotatable bonds is 3. The Morgan fingerprint density at radius 1 is 1.50 bits per heavy atom. The first-order chi connectivity index (χ1) is 8.76. The van der Waals surface area contributed by atoms with Crippen LogP contribution in [0.5, 0.6) is 5.88 Å². The lowest BCUT2D eigenvalue weighted by Crippen LogP contribution is -2.38. The number of aromatic nitrogens is 2. The normalized spacial score (nSPS) is 20.6. The van der Waals surface area contributed by atoms with Crippen LogP contribution in [0.25, 0.3) is 0 Å². The average Bonchev–Trinajstić information content (AvgIpc) is 2.64. The third-order valence-corrected chi connectivity index (χ3v) is 3.78. The van der Waals surface area contributed by atoms with E-state index in [2.05, 4.69) is 30.8 Å². The molecule has 1 atom stereocenters. The molecule has 0 spiro atoms. The van der Waals surface area contributed by atoms with Crippen LogP contribution in [-0.4, -0.2) is 41.4 Å². The van der Waals surface area contributed by atoms with E-state index in [1.807, 2.05) is 0 Å². The van der Waals surface area contributed by atoms with Crippen molar-refractivity contribution in [2.24, 2.45) is 0 Å². The Hall–Kier alpha value is -0.880. The quantitative estimate of drug-likeness (QED) is 0.924. The molecule has 0 bridgehead atoms. The van der Waals surface area contributed by atoms with Crippen LogP contribution in [0.4, 0.5) is 5.95 Å². The largest absolute Gasteiger partial charge is 0.480 e. The first-order valence-electron chi connectivity index (χ1n) is 6.20. The molecular weight excluding hydrogens is 298 g/mol. The van der Waals surface area contributed by atoms with Crippen LogP contribution in [0.2, 0.25) is 0 Å². The van der Waals surface area contributed by atoms with E-state index in [0.29, 0.717) is 11.8 Å². The smallest absolute Gasteiger partial charge is 0.232 e. The molecule has 1 fully saturated rings. The lowest BCUT2D eigenvalue weighted by Gasteiger charge is -2.28. The molecule has 1 aliphatic rings. The van der Waals surface area contributed by atoms with Gasteiger partial charge in [0.15, 0.2) is 0 Å². The maximum atomic E-state index is 9.49. The molecule has 2 heterocycles. The van der Waals surface area contributed by atoms with E-state index in [4.69, 9.17) is 4.74 Å². The van der Waals surface area contributed by atoms with Gasteiger partial charge >= 0.3 is 0 Å². The first-order valence-corrected chi connectivity index (χ1v) is 6.99. The van der Waals surface area contributed by atoms with Crippen LogP contribution in [0.1, 0.15) is 25.7 Å². The van der Waals surface area contributed by atoms with Gasteiger partial charge in [0, 0.05) is 6.54 Å². The van der Waals surface area contributed by atoms with Gasteiger partial charge in [-0.05, 0) is 28.8 Å². The van der Waals surface area contributed by atoms with Crippen molar-refractivity contribution in [2.45, 2.75) is 31.7 Å². The summed E-state index contributed by atoms with van der Waals surface area (Å²) in [6.45, 7) is 1.03. The maximum absolute atomic E-state index is 9.49. The molecule has 1 aromatic heterocycles. The minimum absolute atomic E-state index is 0.110. The summed E-state index contributed by atoms with van der Waals surface area (Å²) in [6.07, 6.45) is 6.13. The lowest BCUT2D eigenvalue weighted by molar-refractivity contribution is 0.253. The van der Waals surface area contributed by atoms with Crippen molar-refractivity contribution in [3.8, 4) is 5.88 Å². The maximum Gasteiger partial charge on any atom is 0.232 e. The second-order valence-electron chi connectivity index (χ2n) is 4.41. The molecule has 0 aliphatic carbocycles. The molecule has 0 amide bonds. The lowest BCUT2D eigenvalue weighted by atomic mass is 10.1. The molecule has 1 aromatic rings. The van der Waals surface area contributed by atoms with Crippen molar-refractivity contribution in [1.82, 2.24) is 9.97 Å². The van der Waals surface area contributed by atoms with Crippen LogP contribution in [0, 0.1) is 0 Å². The van der Waals surface area contributed by atoms with Gasteiger partial charge in [0.1, 0.15) is 0 Å². The zero-order chi connectivity index (χ0) is 13.0. The van der Waals surface area contributed by atoms with Gasteiger partial charge in [0.05, 0.1) is 30.4 Å². The third kappa shape index (κ3) is 2.92. The Morgan fingerprint density at radius 3 is 3.06 bits per heavy atom. The molecule has 1 unspecified atom stereocenters. The van der Waals surface area contributed by atoms with Crippen molar-refractivity contribution >= 4 is 21.9 Å². The summed E-state index contributed by atoms with van der Waals surface area (Å²) < 4.78 is 5.93. The van der Waals surface area contributed by atoms with E-state index in [1.165, 1.54) is 6.42 Å². The van der Waals surface area contributed by atoms with E-state index in [0.717, 1.165) is 30.3 Å². The Morgan fingerprint density at radius 2 is 2.33 bits per heavy atom. The highest BCUT2D eigenvalue weighted by Gasteiger charge is 2.23. The monoisotopic (exact) mass is 315 g/mol. The molecule has 1 saturated heterocycles. The number of ether oxygens (including phenoxy) is 1. The van der Waals surface area contributed by atoms with Gasteiger partial charge in [0.2, 0.25) is 11.8 Å².